The maximum atomic E-state index is 10.9. The van der Waals surface area contributed by atoms with Gasteiger partial charge in [-0.05, 0) is 36.7 Å². The molecule has 0 aliphatic heterocycles. The van der Waals surface area contributed by atoms with Crippen LogP contribution >= 0.6 is 0 Å². The van der Waals surface area contributed by atoms with Gasteiger partial charge >= 0.3 is 23.5 Å². The molecule has 0 saturated heterocycles. The zero-order valence-corrected chi connectivity index (χ0v) is 12.9. The molecular formula is C9H9N9O8. The van der Waals surface area contributed by atoms with Crippen LogP contribution in [0.2, 0.25) is 0 Å². The molecule has 2 aromatic heterocycles. The summed E-state index contributed by atoms with van der Waals surface area (Å²) in [7, 11) is 1.38. The van der Waals surface area contributed by atoms with Gasteiger partial charge in [0.2, 0.25) is 0 Å². The molecule has 0 amide bonds. The summed E-state index contributed by atoms with van der Waals surface area (Å²) in [6.45, 7) is -0.611. The molecule has 0 fully saturated rings. The molecule has 0 saturated carbocycles. The van der Waals surface area contributed by atoms with Crippen LogP contribution in [0.5, 0.6) is 0 Å². The highest BCUT2D eigenvalue weighted by molar-refractivity contribution is 5.25. The fourth-order valence-corrected chi connectivity index (χ4v) is 2.03. The largest absolute Gasteiger partial charge is 0.440 e. The summed E-state index contributed by atoms with van der Waals surface area (Å²) in [5.41, 5.74) is 0. The van der Waals surface area contributed by atoms with Crippen LogP contribution < -0.4 is 0 Å². The molecule has 0 aliphatic carbocycles. The second kappa shape index (κ2) is 6.84. The first-order chi connectivity index (χ1) is 12.1. The van der Waals surface area contributed by atoms with E-state index >= 15 is 0 Å². The molecule has 2 heterocycles. The van der Waals surface area contributed by atoms with Crippen LogP contribution in [0, 0.1) is 40.5 Å². The second-order valence-electron chi connectivity index (χ2n) is 4.91. The Labute approximate surface area is 141 Å². The zero-order valence-electron chi connectivity index (χ0n) is 12.9. The summed E-state index contributed by atoms with van der Waals surface area (Å²) in [5.74, 6) is -3.08. The van der Waals surface area contributed by atoms with Crippen molar-refractivity contribution in [3.05, 3.63) is 52.9 Å². The molecule has 0 radical (unpaired) electrons. The number of nitrogens with zero attached hydrogens (tertiary/aromatic N) is 9. The van der Waals surface area contributed by atoms with E-state index in [4.69, 9.17) is 0 Å². The van der Waals surface area contributed by atoms with Gasteiger partial charge in [-0.15, -0.1) is 0 Å². The third-order valence-corrected chi connectivity index (χ3v) is 2.97. The zero-order chi connectivity index (χ0) is 19.6. The highest BCUT2D eigenvalue weighted by Gasteiger charge is 2.27. The van der Waals surface area contributed by atoms with Crippen LogP contribution in [0.15, 0.2) is 12.4 Å². The van der Waals surface area contributed by atoms with E-state index in [0.29, 0.717) is 0 Å². The lowest BCUT2D eigenvalue weighted by Crippen LogP contribution is -2.25. The SMILES string of the molecule is CN(Cn1cc([N+](=O)[O-])nc1[N+](=O)[O-])Cn1cc([N+](=O)[O-])nc1[N+](=O)[O-]. The van der Waals surface area contributed by atoms with Gasteiger partial charge < -0.3 is 40.5 Å². The Bertz CT molecular complexity index is 829. The van der Waals surface area contributed by atoms with Crippen LogP contribution in [0.3, 0.4) is 0 Å². The van der Waals surface area contributed by atoms with Crippen molar-refractivity contribution in [3.63, 3.8) is 0 Å². The van der Waals surface area contributed by atoms with Gasteiger partial charge in [-0.25, -0.2) is 14.0 Å². The minimum absolute atomic E-state index is 0.305. The first-order valence-electron chi connectivity index (χ1n) is 6.50. The van der Waals surface area contributed by atoms with Gasteiger partial charge in [0.05, 0.1) is 0 Å². The van der Waals surface area contributed by atoms with Gasteiger partial charge in [-0.2, -0.15) is 0 Å². The first kappa shape index (κ1) is 18.3. The molecule has 2 aromatic rings. The molecule has 17 heteroatoms. The fraction of sp³-hybridized carbons (Fsp3) is 0.333. The van der Waals surface area contributed by atoms with Crippen LogP contribution in [0.1, 0.15) is 0 Å². The van der Waals surface area contributed by atoms with Crippen LogP contribution in [0.25, 0.3) is 0 Å². The van der Waals surface area contributed by atoms with Gasteiger partial charge in [-0.3, -0.25) is 0 Å². The van der Waals surface area contributed by atoms with Crippen molar-refractivity contribution in [2.75, 3.05) is 7.05 Å². The predicted molar refractivity (Wildman–Crippen MR) is 78.8 cm³/mol. The number of hydrogen-bond acceptors (Lipinski definition) is 11. The average Bonchev–Trinajstić information content (AvgIpc) is 3.11. The maximum Gasteiger partial charge on any atom is 0.440 e. The quantitative estimate of drug-likeness (QED) is 0.453. The molecule has 26 heavy (non-hydrogen) atoms. The van der Waals surface area contributed by atoms with E-state index in [1.54, 1.807) is 0 Å². The molecule has 0 unspecified atom stereocenters. The molecule has 0 atom stereocenters. The summed E-state index contributed by atoms with van der Waals surface area (Å²) in [6.07, 6.45) is 1.67. The van der Waals surface area contributed by atoms with Crippen molar-refractivity contribution in [1.29, 1.82) is 0 Å². The van der Waals surface area contributed by atoms with Crippen molar-refractivity contribution in [1.82, 2.24) is 24.0 Å². The van der Waals surface area contributed by atoms with Crippen molar-refractivity contribution in [3.8, 4) is 0 Å². The lowest BCUT2D eigenvalue weighted by atomic mass is 10.7. The average molecular weight is 371 g/mol. The van der Waals surface area contributed by atoms with E-state index in [0.717, 1.165) is 21.5 Å². The lowest BCUT2D eigenvalue weighted by Gasteiger charge is -2.14. The van der Waals surface area contributed by atoms with Gasteiger partial charge in [0, 0.05) is 0 Å². The normalized spacial score (nSPS) is 10.8. The molecule has 17 nitrogen and oxygen atoms in total. The van der Waals surface area contributed by atoms with Crippen LogP contribution in [-0.4, -0.2) is 50.7 Å². The smallest absolute Gasteiger partial charge is 0.390 e. The van der Waals surface area contributed by atoms with E-state index in [1.807, 2.05) is 0 Å². The molecule has 0 aromatic carbocycles. The Kier molecular flexibility index (Phi) is 4.82. The van der Waals surface area contributed by atoms with E-state index in [9.17, 15) is 40.5 Å². The Morgan fingerprint density at radius 2 is 1.15 bits per heavy atom. The van der Waals surface area contributed by atoms with E-state index in [2.05, 4.69) is 9.97 Å². The minimum Gasteiger partial charge on any atom is -0.390 e. The molecule has 0 N–H and O–H groups in total. The minimum atomic E-state index is -0.925. The van der Waals surface area contributed by atoms with Crippen molar-refractivity contribution < 1.29 is 19.7 Å². The van der Waals surface area contributed by atoms with Gasteiger partial charge in [0.15, 0.2) is 12.4 Å². The number of aromatic nitrogens is 4. The monoisotopic (exact) mass is 371 g/mol. The van der Waals surface area contributed by atoms with E-state index in [-0.39, 0.29) is 13.3 Å². The third kappa shape index (κ3) is 3.72. The highest BCUT2D eigenvalue weighted by Crippen LogP contribution is 2.20. The van der Waals surface area contributed by atoms with E-state index in [1.165, 1.54) is 11.9 Å². The predicted octanol–water partition coefficient (Wildman–Crippen LogP) is 0.259. The summed E-state index contributed by atoms with van der Waals surface area (Å²) in [6, 6.07) is 0. The molecular weight excluding hydrogens is 362 g/mol. The molecule has 0 aliphatic rings. The lowest BCUT2D eigenvalue weighted by molar-refractivity contribution is -0.403. The first-order valence-corrected chi connectivity index (χ1v) is 6.50. The van der Waals surface area contributed by atoms with Gasteiger partial charge in [0.25, 0.3) is 0 Å². The van der Waals surface area contributed by atoms with Crippen molar-refractivity contribution in [2.45, 2.75) is 13.3 Å². The topological polar surface area (TPSA) is 211 Å². The Balaban J connectivity index is 2.25. The summed E-state index contributed by atoms with van der Waals surface area (Å²) in [5, 5.41) is 43.2. The summed E-state index contributed by atoms with van der Waals surface area (Å²) >= 11 is 0. The molecule has 0 spiro atoms. The van der Waals surface area contributed by atoms with Gasteiger partial charge in [-0.1, -0.05) is 0 Å². The number of hydrogen-bond donors (Lipinski definition) is 0. The molecule has 138 valence electrons. The summed E-state index contributed by atoms with van der Waals surface area (Å²) in [4.78, 5) is 47.4. The van der Waals surface area contributed by atoms with Crippen LogP contribution in [0.4, 0.5) is 23.5 Å². The van der Waals surface area contributed by atoms with Crippen LogP contribution in [-0.2, 0) is 13.3 Å². The standard InChI is InChI=1S/C9H9N9O8/c1-12(4-13-2-6(15(19)20)10-8(13)17(23)24)5-14-3-7(16(21)22)11-9(14)18(25)26/h2-3H,4-5H2,1H3. The Morgan fingerprint density at radius 1 is 0.808 bits per heavy atom. The van der Waals surface area contributed by atoms with Gasteiger partial charge in [0.1, 0.15) is 13.3 Å². The maximum absolute atomic E-state index is 10.9. The number of nitro groups is 4. The van der Waals surface area contributed by atoms with Crippen molar-refractivity contribution in [2.24, 2.45) is 0 Å². The third-order valence-electron chi connectivity index (χ3n) is 2.97. The number of imidazole rings is 2. The number of rotatable bonds is 8. The van der Waals surface area contributed by atoms with E-state index < -0.39 is 43.2 Å². The second-order valence-corrected chi connectivity index (χ2v) is 4.91. The Morgan fingerprint density at radius 3 is 1.42 bits per heavy atom. The summed E-state index contributed by atoms with van der Waals surface area (Å²) < 4.78 is 1.71. The molecule has 2 rings (SSSR count). The Hall–Kier alpha value is -4.02. The van der Waals surface area contributed by atoms with Crippen molar-refractivity contribution >= 4 is 23.5 Å². The molecule has 0 bridgehead atoms. The fourth-order valence-electron chi connectivity index (χ4n) is 2.03. The highest BCUT2D eigenvalue weighted by atomic mass is 16.6.